The molecule has 1 aromatic carbocycles. The predicted molar refractivity (Wildman–Crippen MR) is 72.4 cm³/mol. The van der Waals surface area contributed by atoms with E-state index in [0.29, 0.717) is 11.3 Å². The molecular formula is C13H16N3O5+. The molecule has 1 saturated heterocycles. The van der Waals surface area contributed by atoms with E-state index in [2.05, 4.69) is 5.43 Å². The van der Waals surface area contributed by atoms with E-state index in [-0.39, 0.29) is 11.3 Å². The van der Waals surface area contributed by atoms with Gasteiger partial charge in [0.05, 0.1) is 21.8 Å². The first-order valence-corrected chi connectivity index (χ1v) is 6.36. The zero-order valence-corrected chi connectivity index (χ0v) is 12.0. The Morgan fingerprint density at radius 1 is 1.33 bits per heavy atom. The van der Waals surface area contributed by atoms with Crippen molar-refractivity contribution >= 4 is 11.7 Å². The molecule has 8 nitrogen and oxygen atoms in total. The lowest BCUT2D eigenvalue weighted by Crippen LogP contribution is -2.41. The number of rotatable bonds is 3. The Kier molecular flexibility index (Phi) is 3.40. The van der Waals surface area contributed by atoms with E-state index in [1.165, 1.54) is 31.2 Å². The highest BCUT2D eigenvalue weighted by molar-refractivity contribution is 5.89. The maximum atomic E-state index is 12.1. The minimum absolute atomic E-state index is 0.119. The molecule has 8 heteroatoms. The average Bonchev–Trinajstić information content (AvgIpc) is 2.57. The van der Waals surface area contributed by atoms with Gasteiger partial charge in [-0.25, -0.2) is 4.79 Å². The molecule has 1 atom stereocenters. The molecule has 1 aliphatic rings. The second-order valence-corrected chi connectivity index (χ2v) is 5.84. The number of hydrazine groups is 1. The molecule has 0 aromatic heterocycles. The Balaban J connectivity index is 2.14. The third kappa shape index (κ3) is 2.99. The van der Waals surface area contributed by atoms with E-state index in [1.54, 1.807) is 0 Å². The average molecular weight is 294 g/mol. The fraction of sp³-hybridized carbons (Fsp3) is 0.462. The maximum Gasteiger partial charge on any atom is 0.384 e. The first-order valence-electron chi connectivity index (χ1n) is 6.36. The number of non-ortho nitro benzene ring substituents is 1. The topological polar surface area (TPSA) is 102 Å². The number of ether oxygens (including phenoxy) is 1. The summed E-state index contributed by atoms with van der Waals surface area (Å²) in [4.78, 5) is 34.4. The largest absolute Gasteiger partial charge is 0.391 e. The molecule has 1 fully saturated rings. The summed E-state index contributed by atoms with van der Waals surface area (Å²) < 4.78 is 5.28. The van der Waals surface area contributed by atoms with Gasteiger partial charge in [-0.15, -0.1) is 5.43 Å². The van der Waals surface area contributed by atoms with Gasteiger partial charge >= 0.3 is 11.7 Å². The van der Waals surface area contributed by atoms with Crippen LogP contribution in [0.5, 0.6) is 0 Å². The van der Waals surface area contributed by atoms with Gasteiger partial charge in [-0.05, 0) is 26.0 Å². The van der Waals surface area contributed by atoms with Gasteiger partial charge in [-0.3, -0.25) is 10.1 Å². The molecule has 0 saturated carbocycles. The lowest BCUT2D eigenvalue weighted by atomic mass is 9.97. The minimum atomic E-state index is -1.32. The van der Waals surface area contributed by atoms with Gasteiger partial charge in [-0.1, -0.05) is 0 Å². The highest BCUT2D eigenvalue weighted by Gasteiger charge is 2.58. The molecule has 1 heterocycles. The van der Waals surface area contributed by atoms with Crippen molar-refractivity contribution < 1.29 is 19.3 Å². The number of nitroso groups, excluding NO2 is 1. The number of hydrogen-bond donors (Lipinski definition) is 1. The van der Waals surface area contributed by atoms with Crippen LogP contribution in [0.25, 0.3) is 0 Å². The van der Waals surface area contributed by atoms with Crippen LogP contribution in [0.1, 0.15) is 37.6 Å². The molecular weight excluding hydrogens is 278 g/mol. The third-order valence-corrected chi connectivity index (χ3v) is 3.23. The van der Waals surface area contributed by atoms with Crippen LogP contribution in [-0.2, 0) is 4.74 Å². The van der Waals surface area contributed by atoms with Crippen molar-refractivity contribution in [1.82, 2.24) is 5.43 Å². The van der Waals surface area contributed by atoms with Gasteiger partial charge in [0.1, 0.15) is 5.54 Å². The number of esters is 1. The molecule has 1 N–H and O–H groups in total. The molecule has 2 rings (SSSR count). The summed E-state index contributed by atoms with van der Waals surface area (Å²) in [5.74, 6) is -0.701. The molecule has 0 spiro atoms. The minimum Gasteiger partial charge on any atom is -0.391 e. The molecule has 21 heavy (non-hydrogen) atoms. The normalized spacial score (nSPS) is 23.5. The van der Waals surface area contributed by atoms with Crippen molar-refractivity contribution in [3.63, 3.8) is 0 Å². The van der Waals surface area contributed by atoms with Gasteiger partial charge in [-0.2, -0.15) is 0 Å². The Hall–Kier alpha value is -2.51. The summed E-state index contributed by atoms with van der Waals surface area (Å²) in [5, 5.41) is 10.6. The number of hydrogen-bond acceptors (Lipinski definition) is 5. The van der Waals surface area contributed by atoms with Crippen molar-refractivity contribution in [1.29, 1.82) is 0 Å². The van der Waals surface area contributed by atoms with Gasteiger partial charge < -0.3 is 4.74 Å². The second-order valence-electron chi connectivity index (χ2n) is 5.84. The van der Waals surface area contributed by atoms with Crippen LogP contribution in [0, 0.1) is 15.0 Å². The summed E-state index contributed by atoms with van der Waals surface area (Å²) >= 11 is 0. The lowest BCUT2D eigenvalue weighted by Gasteiger charge is -2.15. The molecule has 1 aromatic rings. The van der Waals surface area contributed by atoms with E-state index < -0.39 is 22.2 Å². The summed E-state index contributed by atoms with van der Waals surface area (Å²) in [6.07, 6.45) is 0.322. The molecule has 0 unspecified atom stereocenters. The summed E-state index contributed by atoms with van der Waals surface area (Å²) in [5.41, 5.74) is 0.913. The number of nitro groups is 1. The molecule has 0 radical (unpaired) electrons. The van der Waals surface area contributed by atoms with E-state index in [9.17, 15) is 19.8 Å². The molecule has 112 valence electrons. The van der Waals surface area contributed by atoms with Crippen molar-refractivity contribution in [3.05, 3.63) is 44.9 Å². The van der Waals surface area contributed by atoms with Crippen LogP contribution in [-0.4, -0.2) is 27.0 Å². The van der Waals surface area contributed by atoms with Crippen LogP contribution in [0.15, 0.2) is 24.3 Å². The lowest BCUT2D eigenvalue weighted by molar-refractivity contribution is -0.693. The predicted octanol–water partition coefficient (Wildman–Crippen LogP) is 1.93. The van der Waals surface area contributed by atoms with Crippen molar-refractivity contribution in [2.45, 2.75) is 38.5 Å². The fourth-order valence-corrected chi connectivity index (χ4v) is 2.38. The number of carbonyl (C=O) groups excluding carboxylic acids is 1. The summed E-state index contributed by atoms with van der Waals surface area (Å²) in [6.45, 7) is 5.16. The van der Waals surface area contributed by atoms with Crippen LogP contribution in [0.4, 0.5) is 5.69 Å². The number of nitro benzene ring substituents is 1. The fourth-order valence-electron chi connectivity index (χ4n) is 2.38. The van der Waals surface area contributed by atoms with E-state index in [4.69, 9.17) is 4.74 Å². The van der Waals surface area contributed by atoms with Gasteiger partial charge in [0.15, 0.2) is 4.87 Å². The van der Waals surface area contributed by atoms with Crippen LogP contribution >= 0.6 is 0 Å². The van der Waals surface area contributed by atoms with Gasteiger partial charge in [0, 0.05) is 19.1 Å². The third-order valence-electron chi connectivity index (χ3n) is 3.23. The summed E-state index contributed by atoms with van der Waals surface area (Å²) in [6, 6.07) is 5.02. The van der Waals surface area contributed by atoms with Crippen LogP contribution in [0.2, 0.25) is 0 Å². The maximum absolute atomic E-state index is 12.1. The van der Waals surface area contributed by atoms with E-state index in [1.807, 2.05) is 13.8 Å². The van der Waals surface area contributed by atoms with Crippen molar-refractivity contribution in [2.75, 3.05) is 0 Å². The second kappa shape index (κ2) is 4.80. The first-order chi connectivity index (χ1) is 9.63. The number of carbonyl (C=O) groups is 1. The van der Waals surface area contributed by atoms with Crippen LogP contribution in [0.3, 0.4) is 0 Å². The monoisotopic (exact) mass is 294 g/mol. The smallest absolute Gasteiger partial charge is 0.384 e. The number of benzene rings is 1. The van der Waals surface area contributed by atoms with Crippen molar-refractivity contribution in [3.8, 4) is 0 Å². The van der Waals surface area contributed by atoms with Crippen LogP contribution < -0.4 is 5.43 Å². The first kappa shape index (κ1) is 14.9. The van der Waals surface area contributed by atoms with Crippen molar-refractivity contribution in [2.24, 2.45) is 0 Å². The van der Waals surface area contributed by atoms with E-state index >= 15 is 0 Å². The SMILES string of the molecule is CC1(C)C[C@@](C)(OC(=O)c2ccc([N+](=O)[O-])cc2)[N+](=O)N1. The zero-order valence-electron chi connectivity index (χ0n) is 12.0. The Morgan fingerprint density at radius 3 is 2.33 bits per heavy atom. The highest BCUT2D eigenvalue weighted by atomic mass is 16.6. The Bertz CT molecular complexity index is 611. The molecule has 0 aliphatic carbocycles. The Morgan fingerprint density at radius 2 is 1.90 bits per heavy atom. The standard InChI is InChI=1S/C13H16N3O5/c1-12(2)8-13(3,16(20)14-12)21-11(17)9-4-6-10(7-5-9)15(18)19/h4-7H,8H2,1-3H3,(H,14,20)/q+1/t13-/m1/s1. The summed E-state index contributed by atoms with van der Waals surface area (Å²) in [7, 11) is 0. The molecule has 1 aliphatic heterocycles. The quantitative estimate of drug-likeness (QED) is 0.395. The van der Waals surface area contributed by atoms with Gasteiger partial charge in [0.25, 0.3) is 5.69 Å². The zero-order chi connectivity index (χ0) is 15.8. The highest BCUT2D eigenvalue weighted by Crippen LogP contribution is 2.31. The van der Waals surface area contributed by atoms with Gasteiger partial charge in [0.2, 0.25) is 0 Å². The Labute approximate surface area is 120 Å². The van der Waals surface area contributed by atoms with E-state index in [0.717, 1.165) is 0 Å². The number of nitrogens with zero attached hydrogens (tertiary/aromatic N) is 2. The molecule has 0 amide bonds. The number of nitrogens with one attached hydrogen (secondary N) is 1. The molecule has 0 bridgehead atoms.